The number of ether oxygens (including phenoxy) is 1. The lowest BCUT2D eigenvalue weighted by Crippen LogP contribution is -1.95. The number of pyridine rings is 1. The van der Waals surface area contributed by atoms with Crippen LogP contribution in [-0.2, 0) is 19.4 Å². The van der Waals surface area contributed by atoms with Crippen molar-refractivity contribution < 1.29 is 4.74 Å². The number of aromatic nitrogens is 1. The number of nitrogens with zero attached hydrogens (tertiary/aromatic N) is 2. The fraction of sp³-hybridized carbons (Fsp3) is 0.241. The predicted molar refractivity (Wildman–Crippen MR) is 134 cm³/mol. The Hall–Kier alpha value is -3.46. The minimum atomic E-state index is 0.569. The average Bonchev–Trinajstić information content (AvgIpc) is 3.13. The summed E-state index contributed by atoms with van der Waals surface area (Å²) in [5.41, 5.74) is 6.61. The van der Waals surface area contributed by atoms with E-state index < -0.39 is 0 Å². The second kappa shape index (κ2) is 13.1. The largest absolute Gasteiger partial charge is 0.489 e. The zero-order valence-electron chi connectivity index (χ0n) is 19.1. The number of benzene rings is 2. The van der Waals surface area contributed by atoms with Gasteiger partial charge in [0.25, 0.3) is 0 Å². The van der Waals surface area contributed by atoms with E-state index in [1.165, 1.54) is 22.3 Å². The molecule has 1 aliphatic heterocycles. The van der Waals surface area contributed by atoms with Crippen molar-refractivity contribution in [3.8, 4) is 5.75 Å². The number of rotatable bonds is 7. The van der Waals surface area contributed by atoms with Gasteiger partial charge < -0.3 is 4.74 Å². The SMILES string of the molecule is CCc1ccc(OCc2cccnc2)cc1.Cc1ccc(CCC2=CC=NC=CC2)cc1. The molecule has 32 heavy (non-hydrogen) atoms. The van der Waals surface area contributed by atoms with Crippen molar-refractivity contribution in [1.82, 2.24) is 4.98 Å². The number of aliphatic imine (C=N–C) groups is 1. The quantitative estimate of drug-likeness (QED) is 0.407. The van der Waals surface area contributed by atoms with Gasteiger partial charge in [0.05, 0.1) is 0 Å². The molecule has 3 nitrogen and oxygen atoms in total. The van der Waals surface area contributed by atoms with E-state index in [4.69, 9.17) is 4.74 Å². The van der Waals surface area contributed by atoms with Crippen LogP contribution in [0.25, 0.3) is 0 Å². The molecule has 0 atom stereocenters. The first-order chi connectivity index (χ1) is 15.7. The lowest BCUT2D eigenvalue weighted by Gasteiger charge is -2.06. The molecule has 2 aromatic carbocycles. The molecule has 3 aromatic rings. The molecule has 0 radical (unpaired) electrons. The highest BCUT2D eigenvalue weighted by Gasteiger charge is 1.99. The van der Waals surface area contributed by atoms with Gasteiger partial charge in [0, 0.05) is 30.4 Å². The van der Waals surface area contributed by atoms with Gasteiger partial charge >= 0.3 is 0 Å². The Labute approximate surface area is 192 Å². The van der Waals surface area contributed by atoms with Crippen LogP contribution in [0.4, 0.5) is 0 Å². The summed E-state index contributed by atoms with van der Waals surface area (Å²) in [6.45, 7) is 4.84. The lowest BCUT2D eigenvalue weighted by molar-refractivity contribution is 0.305. The maximum absolute atomic E-state index is 5.65. The Morgan fingerprint density at radius 3 is 2.38 bits per heavy atom. The van der Waals surface area contributed by atoms with Crippen LogP contribution in [0.3, 0.4) is 0 Å². The van der Waals surface area contributed by atoms with Gasteiger partial charge in [-0.2, -0.15) is 0 Å². The van der Waals surface area contributed by atoms with Gasteiger partial charge in [-0.1, -0.05) is 66.6 Å². The second-order valence-corrected chi connectivity index (χ2v) is 7.85. The van der Waals surface area contributed by atoms with Crippen molar-refractivity contribution in [2.45, 2.75) is 46.1 Å². The van der Waals surface area contributed by atoms with E-state index in [0.29, 0.717) is 6.61 Å². The Morgan fingerprint density at radius 1 is 0.875 bits per heavy atom. The summed E-state index contributed by atoms with van der Waals surface area (Å²) >= 11 is 0. The van der Waals surface area contributed by atoms with Crippen molar-refractivity contribution in [3.05, 3.63) is 119 Å². The van der Waals surface area contributed by atoms with Crippen molar-refractivity contribution in [2.75, 3.05) is 0 Å². The predicted octanol–water partition coefficient (Wildman–Crippen LogP) is 7.07. The van der Waals surface area contributed by atoms with Crippen LogP contribution in [-0.4, -0.2) is 11.2 Å². The van der Waals surface area contributed by atoms with E-state index in [1.807, 2.05) is 42.9 Å². The highest BCUT2D eigenvalue weighted by molar-refractivity contribution is 5.73. The van der Waals surface area contributed by atoms with Crippen LogP contribution in [0.1, 0.15) is 42.0 Å². The Morgan fingerprint density at radius 2 is 1.66 bits per heavy atom. The van der Waals surface area contributed by atoms with Gasteiger partial charge in [-0.25, -0.2) is 0 Å². The van der Waals surface area contributed by atoms with E-state index in [2.05, 4.69) is 72.4 Å². The summed E-state index contributed by atoms with van der Waals surface area (Å²) < 4.78 is 5.65. The molecular weight excluding hydrogens is 392 g/mol. The molecule has 0 unspecified atom stereocenters. The summed E-state index contributed by atoms with van der Waals surface area (Å²) in [5, 5.41) is 0. The molecule has 1 aliphatic rings. The number of allylic oxidation sites excluding steroid dienone is 3. The Balaban J connectivity index is 0.000000181. The first kappa shape index (κ1) is 23.2. The molecule has 0 bridgehead atoms. The van der Waals surface area contributed by atoms with E-state index in [-0.39, 0.29) is 0 Å². The Kier molecular flexibility index (Phi) is 9.47. The van der Waals surface area contributed by atoms with Crippen LogP contribution in [0, 0.1) is 6.92 Å². The van der Waals surface area contributed by atoms with E-state index >= 15 is 0 Å². The van der Waals surface area contributed by atoms with Crippen molar-refractivity contribution in [2.24, 2.45) is 4.99 Å². The molecular formula is C29H32N2O. The van der Waals surface area contributed by atoms with Crippen LogP contribution >= 0.6 is 0 Å². The maximum atomic E-state index is 5.65. The molecule has 2 heterocycles. The summed E-state index contributed by atoms with van der Waals surface area (Å²) in [6, 6.07) is 20.9. The van der Waals surface area contributed by atoms with Crippen LogP contribution in [0.15, 0.2) is 102 Å². The normalized spacial score (nSPS) is 12.4. The molecule has 4 rings (SSSR count). The van der Waals surface area contributed by atoms with Crippen LogP contribution in [0.2, 0.25) is 0 Å². The lowest BCUT2D eigenvalue weighted by atomic mass is 10.0. The molecule has 0 N–H and O–H groups in total. The van der Waals surface area contributed by atoms with Gasteiger partial charge in [0.15, 0.2) is 0 Å². The number of hydrogen-bond donors (Lipinski definition) is 0. The van der Waals surface area contributed by atoms with Crippen molar-refractivity contribution >= 4 is 6.21 Å². The summed E-state index contributed by atoms with van der Waals surface area (Å²) in [7, 11) is 0. The second-order valence-electron chi connectivity index (χ2n) is 7.85. The first-order valence-corrected chi connectivity index (χ1v) is 11.3. The van der Waals surface area contributed by atoms with Crippen molar-refractivity contribution in [1.29, 1.82) is 0 Å². The minimum Gasteiger partial charge on any atom is -0.489 e. The summed E-state index contributed by atoms with van der Waals surface area (Å²) in [4.78, 5) is 8.15. The first-order valence-electron chi connectivity index (χ1n) is 11.3. The van der Waals surface area contributed by atoms with Gasteiger partial charge in [-0.15, -0.1) is 0 Å². The highest BCUT2D eigenvalue weighted by Crippen LogP contribution is 2.15. The maximum Gasteiger partial charge on any atom is 0.119 e. The summed E-state index contributed by atoms with van der Waals surface area (Å²) in [5.74, 6) is 0.904. The standard InChI is InChI=1S/C15H17N.C14H15NO/c1-13-4-6-15(7-5-13)9-8-14-3-2-11-16-12-10-14;1-2-12-5-7-14(8-6-12)16-11-13-4-3-9-15-10-13/h2,4-7,10-12H,3,8-9H2,1H3;3-10H,2,11H2,1H3. The zero-order valence-corrected chi connectivity index (χ0v) is 19.1. The van der Waals surface area contributed by atoms with Crippen LogP contribution < -0.4 is 4.74 Å². The van der Waals surface area contributed by atoms with Crippen LogP contribution in [0.5, 0.6) is 5.75 Å². The Bertz CT molecular complexity index is 1020. The third-order valence-corrected chi connectivity index (χ3v) is 5.28. The van der Waals surface area contributed by atoms with Crippen molar-refractivity contribution in [3.63, 3.8) is 0 Å². The highest BCUT2D eigenvalue weighted by atomic mass is 16.5. The van der Waals surface area contributed by atoms with Gasteiger partial charge in [0.1, 0.15) is 12.4 Å². The third kappa shape index (κ3) is 8.35. The van der Waals surface area contributed by atoms with Gasteiger partial charge in [-0.05, 0) is 68.0 Å². The molecule has 0 fully saturated rings. The topological polar surface area (TPSA) is 34.5 Å². The minimum absolute atomic E-state index is 0.569. The van der Waals surface area contributed by atoms with E-state index in [1.54, 1.807) is 6.20 Å². The molecule has 0 amide bonds. The fourth-order valence-electron chi connectivity index (χ4n) is 3.25. The molecule has 3 heteroatoms. The molecule has 0 saturated heterocycles. The molecule has 1 aromatic heterocycles. The molecule has 0 aliphatic carbocycles. The van der Waals surface area contributed by atoms with E-state index in [9.17, 15) is 0 Å². The van der Waals surface area contributed by atoms with Gasteiger partial charge in [-0.3, -0.25) is 9.98 Å². The fourth-order valence-corrected chi connectivity index (χ4v) is 3.25. The number of hydrogen-bond acceptors (Lipinski definition) is 3. The zero-order chi connectivity index (χ0) is 22.4. The average molecular weight is 425 g/mol. The third-order valence-electron chi connectivity index (χ3n) is 5.28. The van der Waals surface area contributed by atoms with Gasteiger partial charge in [0.2, 0.25) is 0 Å². The van der Waals surface area contributed by atoms with E-state index in [0.717, 1.165) is 37.0 Å². The number of aryl methyl sites for hydroxylation is 3. The molecule has 0 spiro atoms. The molecule has 164 valence electrons. The summed E-state index contributed by atoms with van der Waals surface area (Å²) in [6.07, 6.45) is 15.9. The smallest absolute Gasteiger partial charge is 0.119 e. The molecule has 0 saturated carbocycles. The monoisotopic (exact) mass is 424 g/mol.